The smallest absolute Gasteiger partial charge is 0.0458 e. The normalized spacial score (nSPS) is 15.6. The summed E-state index contributed by atoms with van der Waals surface area (Å²) >= 11 is 0. The number of hydrogen-bond acceptors (Lipinski definition) is 1. The molecular formula is C19H25N. The van der Waals surface area contributed by atoms with Crippen molar-refractivity contribution in [1.82, 2.24) is 0 Å². The molecular weight excluding hydrogens is 242 g/mol. The molecule has 1 nitrogen and oxygen atoms in total. The molecule has 20 heavy (non-hydrogen) atoms. The van der Waals surface area contributed by atoms with Crippen LogP contribution in [-0.4, -0.2) is 0 Å². The molecule has 1 aliphatic rings. The number of anilines is 1. The number of allylic oxidation sites excluding steroid dienone is 6. The molecule has 0 bridgehead atoms. The zero-order chi connectivity index (χ0) is 14.5. The molecule has 0 amide bonds. The highest BCUT2D eigenvalue weighted by Crippen LogP contribution is 2.36. The minimum atomic E-state index is 1.07. The number of rotatable bonds is 5. The molecule has 1 aliphatic carbocycles. The Bertz CT molecular complexity index is 573. The van der Waals surface area contributed by atoms with Crippen molar-refractivity contribution in [2.75, 3.05) is 5.32 Å². The van der Waals surface area contributed by atoms with Crippen LogP contribution < -0.4 is 5.32 Å². The van der Waals surface area contributed by atoms with Crippen LogP contribution in [0.4, 0.5) is 5.69 Å². The Balaban J connectivity index is 2.31. The van der Waals surface area contributed by atoms with Crippen LogP contribution in [-0.2, 0) is 0 Å². The van der Waals surface area contributed by atoms with Crippen molar-refractivity contribution in [2.45, 2.75) is 47.0 Å². The molecule has 2 rings (SSSR count). The summed E-state index contributed by atoms with van der Waals surface area (Å²) in [5.74, 6) is 0. The summed E-state index contributed by atoms with van der Waals surface area (Å²) in [5, 5.41) is 3.61. The lowest BCUT2D eigenvalue weighted by atomic mass is 9.98. The molecule has 0 heterocycles. The van der Waals surface area contributed by atoms with Crippen LogP contribution in [0.1, 0.15) is 52.5 Å². The van der Waals surface area contributed by atoms with Gasteiger partial charge in [0.15, 0.2) is 0 Å². The Morgan fingerprint density at radius 1 is 1.25 bits per heavy atom. The maximum absolute atomic E-state index is 3.61. The molecule has 0 spiro atoms. The third-order valence-electron chi connectivity index (χ3n) is 3.81. The average molecular weight is 267 g/mol. The van der Waals surface area contributed by atoms with Gasteiger partial charge in [0.05, 0.1) is 0 Å². The van der Waals surface area contributed by atoms with Crippen molar-refractivity contribution >= 4 is 11.3 Å². The number of para-hydroxylation sites is 1. The quantitative estimate of drug-likeness (QED) is 0.697. The molecule has 0 fully saturated rings. The van der Waals surface area contributed by atoms with Crippen LogP contribution in [0.15, 0.2) is 53.3 Å². The van der Waals surface area contributed by atoms with E-state index in [4.69, 9.17) is 0 Å². The van der Waals surface area contributed by atoms with Gasteiger partial charge in [-0.1, -0.05) is 49.3 Å². The minimum absolute atomic E-state index is 1.07. The molecule has 0 radical (unpaired) electrons. The standard InChI is InChI=1S/C19H25N/c1-5-9-16(6-2)20-19-11-8-7-10-17(19)18-13-14(3)12-15(18)4/h6-8,10-12,20H,5,9,13H2,1-4H3. The fourth-order valence-electron chi connectivity index (χ4n) is 2.81. The largest absolute Gasteiger partial charge is 0.359 e. The molecule has 106 valence electrons. The molecule has 1 aromatic carbocycles. The highest BCUT2D eigenvalue weighted by atomic mass is 14.9. The van der Waals surface area contributed by atoms with Gasteiger partial charge in [-0.2, -0.15) is 0 Å². The first-order valence-corrected chi connectivity index (χ1v) is 7.54. The third kappa shape index (κ3) is 3.22. The van der Waals surface area contributed by atoms with Crippen molar-refractivity contribution in [2.24, 2.45) is 0 Å². The van der Waals surface area contributed by atoms with E-state index in [2.05, 4.69) is 69.4 Å². The fourth-order valence-corrected chi connectivity index (χ4v) is 2.81. The Kier molecular flexibility index (Phi) is 4.84. The monoisotopic (exact) mass is 267 g/mol. The first-order chi connectivity index (χ1) is 9.65. The molecule has 0 aliphatic heterocycles. The van der Waals surface area contributed by atoms with Crippen LogP contribution in [0.25, 0.3) is 5.57 Å². The molecule has 1 N–H and O–H groups in total. The SMILES string of the molecule is CC=C(CCC)Nc1ccccc1C1=C(C)C=C(C)C1. The number of nitrogens with one attached hydrogen (secondary N) is 1. The van der Waals surface area contributed by atoms with Gasteiger partial charge in [0.25, 0.3) is 0 Å². The molecule has 1 aromatic rings. The van der Waals surface area contributed by atoms with Crippen molar-refractivity contribution in [3.8, 4) is 0 Å². The molecule has 1 heteroatoms. The second-order valence-electron chi connectivity index (χ2n) is 5.56. The van der Waals surface area contributed by atoms with E-state index in [9.17, 15) is 0 Å². The van der Waals surface area contributed by atoms with Gasteiger partial charge in [-0.15, -0.1) is 0 Å². The molecule has 0 unspecified atom stereocenters. The predicted molar refractivity (Wildman–Crippen MR) is 89.7 cm³/mol. The van der Waals surface area contributed by atoms with Gasteiger partial charge in [-0.25, -0.2) is 0 Å². The fraction of sp³-hybridized carbons (Fsp3) is 0.368. The lowest BCUT2D eigenvalue weighted by Crippen LogP contribution is -2.02. The molecule has 0 atom stereocenters. The molecule has 0 aromatic heterocycles. The third-order valence-corrected chi connectivity index (χ3v) is 3.81. The highest BCUT2D eigenvalue weighted by Gasteiger charge is 2.15. The molecule has 0 saturated carbocycles. The Morgan fingerprint density at radius 3 is 2.60 bits per heavy atom. The van der Waals surface area contributed by atoms with Gasteiger partial charge in [-0.05, 0) is 50.8 Å². The topological polar surface area (TPSA) is 12.0 Å². The van der Waals surface area contributed by atoms with E-state index in [1.165, 1.54) is 33.7 Å². The van der Waals surface area contributed by atoms with Crippen molar-refractivity contribution in [3.63, 3.8) is 0 Å². The lowest BCUT2D eigenvalue weighted by Gasteiger charge is -2.16. The first-order valence-electron chi connectivity index (χ1n) is 7.54. The Hall–Kier alpha value is -1.76. The summed E-state index contributed by atoms with van der Waals surface area (Å²) in [4.78, 5) is 0. The summed E-state index contributed by atoms with van der Waals surface area (Å²) in [6.45, 7) is 8.74. The summed E-state index contributed by atoms with van der Waals surface area (Å²) < 4.78 is 0. The van der Waals surface area contributed by atoms with Crippen LogP contribution in [0.2, 0.25) is 0 Å². The van der Waals surface area contributed by atoms with Crippen molar-refractivity contribution < 1.29 is 0 Å². The Labute approximate surface area is 123 Å². The van der Waals surface area contributed by atoms with Crippen LogP contribution >= 0.6 is 0 Å². The first kappa shape index (κ1) is 14.6. The van der Waals surface area contributed by atoms with Gasteiger partial charge in [0.1, 0.15) is 0 Å². The zero-order valence-electron chi connectivity index (χ0n) is 13.1. The van der Waals surface area contributed by atoms with Crippen LogP contribution in [0.3, 0.4) is 0 Å². The van der Waals surface area contributed by atoms with E-state index < -0.39 is 0 Å². The zero-order valence-corrected chi connectivity index (χ0v) is 13.1. The number of hydrogen-bond donors (Lipinski definition) is 1. The van der Waals surface area contributed by atoms with Gasteiger partial charge >= 0.3 is 0 Å². The van der Waals surface area contributed by atoms with E-state index in [1.807, 2.05) is 0 Å². The summed E-state index contributed by atoms with van der Waals surface area (Å²) in [6.07, 6.45) is 7.81. The van der Waals surface area contributed by atoms with E-state index in [-0.39, 0.29) is 0 Å². The average Bonchev–Trinajstić information content (AvgIpc) is 2.77. The Morgan fingerprint density at radius 2 is 2.00 bits per heavy atom. The van der Waals surface area contributed by atoms with E-state index >= 15 is 0 Å². The van der Waals surface area contributed by atoms with Gasteiger partial charge in [0.2, 0.25) is 0 Å². The maximum atomic E-state index is 3.61. The minimum Gasteiger partial charge on any atom is -0.359 e. The van der Waals surface area contributed by atoms with Gasteiger partial charge < -0.3 is 5.32 Å². The summed E-state index contributed by atoms with van der Waals surface area (Å²) in [5.41, 5.74) is 8.18. The van der Waals surface area contributed by atoms with Crippen molar-refractivity contribution in [1.29, 1.82) is 0 Å². The lowest BCUT2D eigenvalue weighted by molar-refractivity contribution is 0.907. The van der Waals surface area contributed by atoms with Crippen molar-refractivity contribution in [3.05, 3.63) is 58.8 Å². The highest BCUT2D eigenvalue weighted by molar-refractivity contribution is 5.83. The van der Waals surface area contributed by atoms with Gasteiger partial charge in [0, 0.05) is 16.9 Å². The maximum Gasteiger partial charge on any atom is 0.0458 e. The molecule has 0 saturated heterocycles. The van der Waals surface area contributed by atoms with Crippen LogP contribution in [0.5, 0.6) is 0 Å². The summed E-state index contributed by atoms with van der Waals surface area (Å²) in [7, 11) is 0. The second kappa shape index (κ2) is 6.60. The van der Waals surface area contributed by atoms with Gasteiger partial charge in [-0.3, -0.25) is 0 Å². The van der Waals surface area contributed by atoms with E-state index in [0.717, 1.165) is 19.3 Å². The van der Waals surface area contributed by atoms with Crippen LogP contribution in [0, 0.1) is 0 Å². The summed E-state index contributed by atoms with van der Waals surface area (Å²) in [6, 6.07) is 8.65. The van der Waals surface area contributed by atoms with E-state index in [1.54, 1.807) is 0 Å². The second-order valence-corrected chi connectivity index (χ2v) is 5.56. The predicted octanol–water partition coefficient (Wildman–Crippen LogP) is 5.93. The van der Waals surface area contributed by atoms with E-state index in [0.29, 0.717) is 0 Å². The number of benzene rings is 1.